The second kappa shape index (κ2) is 14.0. The van der Waals surface area contributed by atoms with E-state index in [9.17, 15) is 19.2 Å². The molecule has 0 bridgehead atoms. The van der Waals surface area contributed by atoms with E-state index in [-0.39, 0.29) is 5.56 Å². The molecule has 0 amide bonds. The van der Waals surface area contributed by atoms with Gasteiger partial charge in [0.25, 0.3) is 5.56 Å². The van der Waals surface area contributed by atoms with Crippen molar-refractivity contribution >= 4 is 23.9 Å². The Hall–Kier alpha value is -3.78. The van der Waals surface area contributed by atoms with Gasteiger partial charge < -0.3 is 29.9 Å². The van der Waals surface area contributed by atoms with Crippen molar-refractivity contribution in [3.63, 3.8) is 0 Å². The number of aryl methyl sites for hydroxylation is 1. The normalized spacial score (nSPS) is 18.1. The topological polar surface area (TPSA) is 202 Å². The molecule has 0 radical (unpaired) electrons. The van der Waals surface area contributed by atoms with Crippen LogP contribution in [0.25, 0.3) is 0 Å². The van der Waals surface area contributed by atoms with Gasteiger partial charge in [-0.2, -0.15) is 0 Å². The fourth-order valence-electron chi connectivity index (χ4n) is 5.08. The first-order chi connectivity index (χ1) is 19.0. The number of hydrogen-bond acceptors (Lipinski definition) is 9. The van der Waals surface area contributed by atoms with Gasteiger partial charge in [0.2, 0.25) is 5.95 Å². The van der Waals surface area contributed by atoms with Crippen LogP contribution in [0.1, 0.15) is 69.2 Å². The number of likely N-dealkylation sites (tertiary alicyclic amines) is 1. The summed E-state index contributed by atoms with van der Waals surface area (Å²) in [5.41, 5.74) is -0.557. The van der Waals surface area contributed by atoms with E-state index < -0.39 is 36.4 Å². The predicted molar refractivity (Wildman–Crippen MR) is 143 cm³/mol. The molecule has 14 nitrogen and oxygen atoms in total. The van der Waals surface area contributed by atoms with Crippen LogP contribution in [0.4, 0.5) is 5.95 Å². The zero-order valence-corrected chi connectivity index (χ0v) is 22.7. The van der Waals surface area contributed by atoms with Crippen molar-refractivity contribution in [2.75, 3.05) is 31.1 Å². The number of carbonyl (C=O) groups is 3. The van der Waals surface area contributed by atoms with Gasteiger partial charge in [0, 0.05) is 50.9 Å². The number of imidazole rings is 1. The van der Waals surface area contributed by atoms with Crippen LogP contribution < -0.4 is 10.5 Å². The van der Waals surface area contributed by atoms with Crippen molar-refractivity contribution in [3.05, 3.63) is 40.3 Å². The van der Waals surface area contributed by atoms with Gasteiger partial charge in [-0.05, 0) is 45.6 Å². The number of carboxylic acid groups (broad SMARTS) is 3. The van der Waals surface area contributed by atoms with Crippen molar-refractivity contribution in [1.82, 2.24) is 24.4 Å². The molecule has 2 aromatic heterocycles. The minimum atomic E-state index is -2.74. The summed E-state index contributed by atoms with van der Waals surface area (Å²) in [5, 5.41) is 33.8. The SMILES string of the molecule is CCn1cncc1CN1CCCC(c2cc(=O)[nH]c(N3CCCCC3)n2)C1.O=C(O)CC(O)(CC(=O)O)C(=O)O. The number of aliphatic carboxylic acids is 3. The Morgan fingerprint density at radius 3 is 2.33 bits per heavy atom. The number of anilines is 1. The number of H-pyrrole nitrogens is 1. The quantitative estimate of drug-likeness (QED) is 0.276. The molecule has 2 saturated heterocycles. The molecule has 0 aromatic carbocycles. The highest BCUT2D eigenvalue weighted by molar-refractivity contribution is 5.88. The molecule has 2 aromatic rings. The fraction of sp³-hybridized carbons (Fsp3) is 0.615. The molecule has 220 valence electrons. The molecule has 2 aliphatic heterocycles. The summed E-state index contributed by atoms with van der Waals surface area (Å²) in [7, 11) is 0. The largest absolute Gasteiger partial charge is 0.481 e. The standard InChI is InChI=1S/C20H30N6O.C6H8O7/c1-2-25-15-21-12-17(25)14-24-8-6-7-16(13-24)18-11-19(27)23-20(22-18)26-9-4-3-5-10-26;7-3(8)1-6(13,5(11)12)2-4(9)10/h11-12,15-16H,2-10,13-14H2,1H3,(H,22,23,27);13H,1-2H2,(H,7,8)(H,9,10)(H,11,12). The van der Waals surface area contributed by atoms with E-state index >= 15 is 0 Å². The van der Waals surface area contributed by atoms with E-state index in [4.69, 9.17) is 25.4 Å². The number of aromatic amines is 1. The first-order valence-electron chi connectivity index (χ1n) is 13.5. The van der Waals surface area contributed by atoms with E-state index in [1.807, 2.05) is 12.5 Å². The number of piperidine rings is 2. The smallest absolute Gasteiger partial charge is 0.336 e. The molecule has 4 heterocycles. The van der Waals surface area contributed by atoms with Crippen LogP contribution in [0.3, 0.4) is 0 Å². The maximum absolute atomic E-state index is 12.3. The number of rotatable bonds is 10. The van der Waals surface area contributed by atoms with Crippen LogP contribution in [-0.2, 0) is 27.5 Å². The van der Waals surface area contributed by atoms with Gasteiger partial charge in [-0.1, -0.05) is 0 Å². The van der Waals surface area contributed by atoms with E-state index in [1.165, 1.54) is 25.0 Å². The summed E-state index contributed by atoms with van der Waals surface area (Å²) in [6.45, 7) is 8.02. The lowest BCUT2D eigenvalue weighted by Crippen LogP contribution is -2.42. The van der Waals surface area contributed by atoms with Crippen molar-refractivity contribution in [3.8, 4) is 0 Å². The summed E-state index contributed by atoms with van der Waals surface area (Å²) in [6, 6.07) is 1.71. The zero-order chi connectivity index (χ0) is 29.3. The first-order valence-corrected chi connectivity index (χ1v) is 13.5. The minimum absolute atomic E-state index is 0.0262. The van der Waals surface area contributed by atoms with Crippen LogP contribution in [-0.4, -0.2) is 94.5 Å². The molecule has 14 heteroatoms. The summed E-state index contributed by atoms with van der Waals surface area (Å²) in [4.78, 5) is 59.6. The second-order valence-electron chi connectivity index (χ2n) is 10.3. The molecule has 0 spiro atoms. The molecule has 1 unspecified atom stereocenters. The lowest BCUT2D eigenvalue weighted by Gasteiger charge is -2.33. The molecular formula is C26H38N6O8. The Kier molecular flexibility index (Phi) is 10.8. The number of hydrogen-bond donors (Lipinski definition) is 5. The number of carboxylic acids is 3. The third kappa shape index (κ3) is 8.61. The molecule has 2 fully saturated rings. The molecule has 5 N–H and O–H groups in total. The average Bonchev–Trinajstić information content (AvgIpc) is 3.35. The Morgan fingerprint density at radius 1 is 1.05 bits per heavy atom. The number of nitrogens with zero attached hydrogens (tertiary/aromatic N) is 5. The van der Waals surface area contributed by atoms with Crippen LogP contribution >= 0.6 is 0 Å². The third-order valence-electron chi connectivity index (χ3n) is 7.14. The van der Waals surface area contributed by atoms with Gasteiger partial charge in [-0.3, -0.25) is 24.3 Å². The maximum Gasteiger partial charge on any atom is 0.336 e. The molecule has 2 aliphatic rings. The van der Waals surface area contributed by atoms with E-state index in [1.54, 1.807) is 6.07 Å². The van der Waals surface area contributed by atoms with Gasteiger partial charge in [0.1, 0.15) is 0 Å². The molecule has 0 saturated carbocycles. The van der Waals surface area contributed by atoms with Crippen LogP contribution in [0.5, 0.6) is 0 Å². The first kappa shape index (κ1) is 30.8. The molecule has 0 aliphatic carbocycles. The fourth-order valence-corrected chi connectivity index (χ4v) is 5.08. The van der Waals surface area contributed by atoms with Crippen LogP contribution in [0, 0.1) is 0 Å². The highest BCUT2D eigenvalue weighted by atomic mass is 16.4. The minimum Gasteiger partial charge on any atom is -0.481 e. The number of nitrogens with one attached hydrogen (secondary N) is 1. The van der Waals surface area contributed by atoms with E-state index in [2.05, 4.69) is 31.3 Å². The lowest BCUT2D eigenvalue weighted by atomic mass is 9.94. The van der Waals surface area contributed by atoms with Gasteiger partial charge in [-0.15, -0.1) is 0 Å². The van der Waals surface area contributed by atoms with Gasteiger partial charge in [0.15, 0.2) is 5.60 Å². The summed E-state index contributed by atoms with van der Waals surface area (Å²) in [6.07, 6.45) is 7.44. The van der Waals surface area contributed by atoms with Gasteiger partial charge >= 0.3 is 17.9 Å². The summed E-state index contributed by atoms with van der Waals surface area (Å²) < 4.78 is 2.20. The van der Waals surface area contributed by atoms with Crippen LogP contribution in [0.15, 0.2) is 23.4 Å². The lowest BCUT2D eigenvalue weighted by molar-refractivity contribution is -0.170. The molecular weight excluding hydrogens is 524 g/mol. The number of aliphatic hydroxyl groups is 1. The average molecular weight is 563 g/mol. The van der Waals surface area contributed by atoms with E-state index in [0.717, 1.165) is 63.8 Å². The molecule has 40 heavy (non-hydrogen) atoms. The Labute approximate surface area is 231 Å². The second-order valence-corrected chi connectivity index (χ2v) is 10.3. The Balaban J connectivity index is 0.000000289. The number of aromatic nitrogens is 4. The van der Waals surface area contributed by atoms with Crippen molar-refractivity contribution in [1.29, 1.82) is 0 Å². The molecule has 1 atom stereocenters. The summed E-state index contributed by atoms with van der Waals surface area (Å²) in [5.74, 6) is -3.93. The van der Waals surface area contributed by atoms with Crippen LogP contribution in [0.2, 0.25) is 0 Å². The monoisotopic (exact) mass is 562 g/mol. The predicted octanol–water partition coefficient (Wildman–Crippen LogP) is 1.11. The Bertz CT molecular complexity index is 1210. The van der Waals surface area contributed by atoms with Crippen molar-refractivity contribution in [2.24, 2.45) is 0 Å². The van der Waals surface area contributed by atoms with Crippen molar-refractivity contribution in [2.45, 2.75) is 76.5 Å². The Morgan fingerprint density at radius 2 is 1.73 bits per heavy atom. The molecule has 4 rings (SSSR count). The van der Waals surface area contributed by atoms with Gasteiger partial charge in [0.05, 0.1) is 30.6 Å². The highest BCUT2D eigenvalue weighted by Crippen LogP contribution is 2.27. The van der Waals surface area contributed by atoms with Crippen molar-refractivity contribution < 1.29 is 34.8 Å². The third-order valence-corrected chi connectivity index (χ3v) is 7.14. The zero-order valence-electron chi connectivity index (χ0n) is 22.7. The maximum atomic E-state index is 12.3. The summed E-state index contributed by atoms with van der Waals surface area (Å²) >= 11 is 0. The highest BCUT2D eigenvalue weighted by Gasteiger charge is 2.40. The van der Waals surface area contributed by atoms with E-state index in [0.29, 0.717) is 5.92 Å². The van der Waals surface area contributed by atoms with Gasteiger partial charge in [-0.25, -0.2) is 14.8 Å².